The Hall–Kier alpha value is 0.0700. The van der Waals surface area contributed by atoms with Gasteiger partial charge in [-0.3, -0.25) is 0 Å². The van der Waals surface area contributed by atoms with Gasteiger partial charge in [0.15, 0.2) is 0 Å². The van der Waals surface area contributed by atoms with Crippen LogP contribution < -0.4 is 0 Å². The van der Waals surface area contributed by atoms with Crippen LogP contribution in [-0.2, 0) is 4.74 Å². The molecule has 2 heterocycles. The highest BCUT2D eigenvalue weighted by Gasteiger charge is 2.23. The highest BCUT2D eigenvalue weighted by atomic mass is 79.9. The van der Waals surface area contributed by atoms with E-state index < -0.39 is 0 Å². The van der Waals surface area contributed by atoms with Crippen LogP contribution in [-0.4, -0.2) is 18.2 Å². The quantitative estimate of drug-likeness (QED) is 0.722. The summed E-state index contributed by atoms with van der Waals surface area (Å²) in [6.07, 6.45) is 1.85. The Labute approximate surface area is 71.4 Å². The standard InChI is InChI=1S/C6H6BrNOS/c7-5-1-8-6(10-5)4-2-9-3-4/h1,4H,2-3H2. The summed E-state index contributed by atoms with van der Waals surface area (Å²) in [4.78, 5) is 4.23. The van der Waals surface area contributed by atoms with Crippen LogP contribution in [0.2, 0.25) is 0 Å². The Morgan fingerprint density at radius 1 is 1.70 bits per heavy atom. The van der Waals surface area contributed by atoms with Gasteiger partial charge in [-0.1, -0.05) is 0 Å². The molecule has 0 N–H and O–H groups in total. The fourth-order valence-electron chi connectivity index (χ4n) is 0.834. The molecule has 0 aromatic carbocycles. The van der Waals surface area contributed by atoms with Crippen LogP contribution in [0.15, 0.2) is 9.98 Å². The number of hydrogen-bond donors (Lipinski definition) is 0. The first-order valence-corrected chi connectivity index (χ1v) is 4.66. The normalized spacial score (nSPS) is 18.9. The lowest BCUT2D eigenvalue weighted by atomic mass is 10.1. The Morgan fingerprint density at radius 3 is 2.90 bits per heavy atom. The van der Waals surface area contributed by atoms with Crippen LogP contribution in [0.25, 0.3) is 0 Å². The smallest absolute Gasteiger partial charge is 0.101 e. The molecule has 1 aliphatic rings. The van der Waals surface area contributed by atoms with Crippen molar-refractivity contribution in [2.24, 2.45) is 0 Å². The van der Waals surface area contributed by atoms with E-state index in [-0.39, 0.29) is 0 Å². The molecule has 0 amide bonds. The van der Waals surface area contributed by atoms with E-state index >= 15 is 0 Å². The fraction of sp³-hybridized carbons (Fsp3) is 0.500. The first kappa shape index (κ1) is 6.76. The maximum absolute atomic E-state index is 5.05. The second-order valence-corrected chi connectivity index (χ2v) is 4.68. The van der Waals surface area contributed by atoms with E-state index in [9.17, 15) is 0 Å². The number of rotatable bonds is 1. The van der Waals surface area contributed by atoms with E-state index in [4.69, 9.17) is 4.74 Å². The zero-order valence-corrected chi connectivity index (χ0v) is 7.61. The Morgan fingerprint density at radius 2 is 2.50 bits per heavy atom. The molecule has 0 spiro atoms. The fourth-order valence-corrected chi connectivity index (χ4v) is 2.15. The van der Waals surface area contributed by atoms with Crippen LogP contribution in [0.5, 0.6) is 0 Å². The summed E-state index contributed by atoms with van der Waals surface area (Å²) in [5.74, 6) is 0.566. The Bertz CT molecular complexity index is 233. The number of hydrogen-bond acceptors (Lipinski definition) is 3. The lowest BCUT2D eigenvalue weighted by Gasteiger charge is -2.23. The minimum atomic E-state index is 0.566. The van der Waals surface area contributed by atoms with Crippen LogP contribution in [0, 0.1) is 0 Å². The third kappa shape index (κ3) is 1.11. The highest BCUT2D eigenvalue weighted by molar-refractivity contribution is 9.11. The molecular weight excluding hydrogens is 214 g/mol. The van der Waals surface area contributed by atoms with Crippen molar-refractivity contribution < 1.29 is 4.74 Å². The zero-order valence-electron chi connectivity index (χ0n) is 5.21. The zero-order chi connectivity index (χ0) is 6.97. The number of nitrogens with zero attached hydrogens (tertiary/aromatic N) is 1. The average molecular weight is 220 g/mol. The van der Waals surface area contributed by atoms with Crippen molar-refractivity contribution in [1.82, 2.24) is 4.98 Å². The Kier molecular flexibility index (Phi) is 1.76. The van der Waals surface area contributed by atoms with Crippen molar-refractivity contribution in [2.45, 2.75) is 5.92 Å². The molecule has 0 radical (unpaired) electrons. The largest absolute Gasteiger partial charge is 0.380 e. The van der Waals surface area contributed by atoms with Gasteiger partial charge in [0, 0.05) is 0 Å². The molecule has 1 aromatic heterocycles. The average Bonchev–Trinajstić information content (AvgIpc) is 2.10. The molecule has 0 unspecified atom stereocenters. The molecule has 10 heavy (non-hydrogen) atoms. The molecule has 0 bridgehead atoms. The molecule has 1 aromatic rings. The monoisotopic (exact) mass is 219 g/mol. The van der Waals surface area contributed by atoms with E-state index in [0.717, 1.165) is 17.0 Å². The van der Waals surface area contributed by atoms with Crippen molar-refractivity contribution in [3.8, 4) is 0 Å². The minimum absolute atomic E-state index is 0.566. The van der Waals surface area contributed by atoms with E-state index in [1.807, 2.05) is 6.20 Å². The minimum Gasteiger partial charge on any atom is -0.380 e. The summed E-state index contributed by atoms with van der Waals surface area (Å²) in [6.45, 7) is 1.69. The van der Waals surface area contributed by atoms with Crippen LogP contribution in [0.3, 0.4) is 0 Å². The SMILES string of the molecule is Brc1cnc(C2COC2)s1. The molecule has 1 aliphatic heterocycles. The summed E-state index contributed by atoms with van der Waals surface area (Å²) in [5, 5.41) is 1.19. The van der Waals surface area contributed by atoms with Gasteiger partial charge >= 0.3 is 0 Å². The first-order chi connectivity index (χ1) is 4.86. The molecule has 2 rings (SSSR count). The Balaban J connectivity index is 2.17. The summed E-state index contributed by atoms with van der Waals surface area (Å²) in [6, 6.07) is 0. The maximum atomic E-state index is 5.05. The molecule has 1 saturated heterocycles. The topological polar surface area (TPSA) is 22.1 Å². The van der Waals surface area contributed by atoms with Gasteiger partial charge in [-0.25, -0.2) is 4.98 Å². The van der Waals surface area contributed by atoms with Crippen molar-refractivity contribution in [3.05, 3.63) is 15.0 Å². The number of aromatic nitrogens is 1. The van der Waals surface area contributed by atoms with Crippen LogP contribution >= 0.6 is 27.3 Å². The molecule has 0 saturated carbocycles. The lowest BCUT2D eigenvalue weighted by Crippen LogP contribution is -2.24. The van der Waals surface area contributed by atoms with Gasteiger partial charge in [0.2, 0.25) is 0 Å². The number of thiazole rings is 1. The van der Waals surface area contributed by atoms with E-state index in [0.29, 0.717) is 5.92 Å². The van der Waals surface area contributed by atoms with Gasteiger partial charge in [-0.2, -0.15) is 0 Å². The maximum Gasteiger partial charge on any atom is 0.101 e. The van der Waals surface area contributed by atoms with E-state index in [2.05, 4.69) is 20.9 Å². The second-order valence-electron chi connectivity index (χ2n) is 2.24. The summed E-state index contributed by atoms with van der Waals surface area (Å²) in [5.41, 5.74) is 0. The van der Waals surface area contributed by atoms with Crippen molar-refractivity contribution in [2.75, 3.05) is 13.2 Å². The molecule has 2 nitrogen and oxygen atoms in total. The van der Waals surface area contributed by atoms with Crippen molar-refractivity contribution in [1.29, 1.82) is 0 Å². The second kappa shape index (κ2) is 2.60. The van der Waals surface area contributed by atoms with Gasteiger partial charge in [0.1, 0.15) is 5.01 Å². The van der Waals surface area contributed by atoms with Gasteiger partial charge in [0.25, 0.3) is 0 Å². The molecule has 0 atom stereocenters. The molecular formula is C6H6BrNOS. The molecule has 1 fully saturated rings. The van der Waals surface area contributed by atoms with Gasteiger partial charge in [-0.15, -0.1) is 11.3 Å². The van der Waals surface area contributed by atoms with Gasteiger partial charge in [-0.05, 0) is 15.9 Å². The molecule has 0 aliphatic carbocycles. The number of halogens is 1. The summed E-state index contributed by atoms with van der Waals surface area (Å²) >= 11 is 5.07. The third-order valence-electron chi connectivity index (χ3n) is 1.48. The van der Waals surface area contributed by atoms with Crippen molar-refractivity contribution in [3.63, 3.8) is 0 Å². The van der Waals surface area contributed by atoms with Gasteiger partial charge in [0.05, 0.1) is 29.1 Å². The summed E-state index contributed by atoms with van der Waals surface area (Å²) < 4.78 is 6.16. The van der Waals surface area contributed by atoms with Crippen LogP contribution in [0.1, 0.15) is 10.9 Å². The summed E-state index contributed by atoms with van der Waals surface area (Å²) in [7, 11) is 0. The van der Waals surface area contributed by atoms with Gasteiger partial charge < -0.3 is 4.74 Å². The predicted octanol–water partition coefficient (Wildman–Crippen LogP) is 2.02. The first-order valence-electron chi connectivity index (χ1n) is 3.05. The van der Waals surface area contributed by atoms with E-state index in [1.54, 1.807) is 11.3 Å². The van der Waals surface area contributed by atoms with E-state index in [1.165, 1.54) is 5.01 Å². The molecule has 4 heteroatoms. The lowest BCUT2D eigenvalue weighted by molar-refractivity contribution is 0.00834. The predicted molar refractivity (Wildman–Crippen MR) is 43.4 cm³/mol. The highest BCUT2D eigenvalue weighted by Crippen LogP contribution is 2.29. The third-order valence-corrected chi connectivity index (χ3v) is 3.12. The molecule has 54 valence electrons. The number of ether oxygens (including phenoxy) is 1. The van der Waals surface area contributed by atoms with Crippen molar-refractivity contribution >= 4 is 27.3 Å². The van der Waals surface area contributed by atoms with Crippen LogP contribution in [0.4, 0.5) is 0 Å².